The Morgan fingerprint density at radius 3 is 2.14 bits per heavy atom. The number of nitrogens with zero attached hydrogens (tertiary/aromatic N) is 2. The molecule has 35 heavy (non-hydrogen) atoms. The van der Waals surface area contributed by atoms with Crippen molar-refractivity contribution in [3.63, 3.8) is 0 Å². The fraction of sp³-hybridized carbons (Fsp3) is 0.417. The molecule has 1 atom stereocenters. The van der Waals surface area contributed by atoms with Gasteiger partial charge in [0.1, 0.15) is 12.6 Å². The average molecular weight is 514 g/mol. The molecule has 2 aromatic rings. The van der Waals surface area contributed by atoms with Gasteiger partial charge < -0.3 is 10.2 Å². The van der Waals surface area contributed by atoms with Crippen LogP contribution in [0.5, 0.6) is 0 Å². The van der Waals surface area contributed by atoms with E-state index in [1.54, 1.807) is 26.0 Å². The first-order chi connectivity index (χ1) is 16.1. The van der Waals surface area contributed by atoms with Crippen LogP contribution in [0.25, 0.3) is 0 Å². The molecule has 0 unspecified atom stereocenters. The van der Waals surface area contributed by atoms with Crippen molar-refractivity contribution in [2.45, 2.75) is 52.5 Å². The SMILES string of the molecule is Cc1ccc(CN(C(=O)CN(c2cccc(C(F)(F)F)c2)S(C)(=O)=O)[C@H](C)C(=O)NC(C)C)cc1. The first-order valence-corrected chi connectivity index (χ1v) is 12.7. The van der Waals surface area contributed by atoms with Crippen LogP contribution in [0.4, 0.5) is 18.9 Å². The Morgan fingerprint density at radius 2 is 1.63 bits per heavy atom. The Labute approximate surface area is 204 Å². The van der Waals surface area contributed by atoms with E-state index in [1.165, 1.54) is 17.9 Å². The lowest BCUT2D eigenvalue weighted by molar-refractivity contribution is -0.139. The van der Waals surface area contributed by atoms with E-state index in [2.05, 4.69) is 5.32 Å². The van der Waals surface area contributed by atoms with Gasteiger partial charge in [-0.25, -0.2) is 8.42 Å². The fourth-order valence-corrected chi connectivity index (χ4v) is 4.17. The lowest BCUT2D eigenvalue weighted by Crippen LogP contribution is -2.52. The van der Waals surface area contributed by atoms with Crippen molar-refractivity contribution in [3.8, 4) is 0 Å². The van der Waals surface area contributed by atoms with Gasteiger partial charge in [0.05, 0.1) is 17.5 Å². The minimum absolute atomic E-state index is 0.00594. The summed E-state index contributed by atoms with van der Waals surface area (Å²) in [5, 5.41) is 2.72. The molecule has 7 nitrogen and oxygen atoms in total. The number of aryl methyl sites for hydroxylation is 1. The van der Waals surface area contributed by atoms with E-state index in [4.69, 9.17) is 0 Å². The number of carbonyl (C=O) groups is 2. The van der Waals surface area contributed by atoms with Crippen LogP contribution < -0.4 is 9.62 Å². The molecule has 0 spiro atoms. The van der Waals surface area contributed by atoms with E-state index in [9.17, 15) is 31.2 Å². The molecule has 0 aliphatic carbocycles. The Bertz CT molecular complexity index is 1150. The number of alkyl halides is 3. The second-order valence-electron chi connectivity index (χ2n) is 8.66. The maximum absolute atomic E-state index is 13.4. The molecule has 2 amide bonds. The predicted molar refractivity (Wildman–Crippen MR) is 128 cm³/mol. The van der Waals surface area contributed by atoms with Crippen LogP contribution in [0.1, 0.15) is 37.5 Å². The molecule has 11 heteroatoms. The molecule has 0 fully saturated rings. The van der Waals surface area contributed by atoms with Gasteiger partial charge in [0.15, 0.2) is 0 Å². The van der Waals surface area contributed by atoms with Crippen LogP contribution >= 0.6 is 0 Å². The molecule has 0 aliphatic rings. The number of sulfonamides is 1. The summed E-state index contributed by atoms with van der Waals surface area (Å²) in [5.74, 6) is -1.18. The van der Waals surface area contributed by atoms with Crippen LogP contribution in [0.2, 0.25) is 0 Å². The minimum atomic E-state index is -4.69. The Balaban J connectivity index is 2.43. The van der Waals surface area contributed by atoms with E-state index in [1.807, 2.05) is 19.1 Å². The van der Waals surface area contributed by atoms with Crippen molar-refractivity contribution < 1.29 is 31.2 Å². The third-order valence-electron chi connectivity index (χ3n) is 5.21. The Kier molecular flexibility index (Phi) is 8.94. The lowest BCUT2D eigenvalue weighted by atomic mass is 10.1. The van der Waals surface area contributed by atoms with Gasteiger partial charge in [-0.1, -0.05) is 35.9 Å². The van der Waals surface area contributed by atoms with Gasteiger partial charge in [-0.3, -0.25) is 13.9 Å². The topological polar surface area (TPSA) is 86.8 Å². The third-order valence-corrected chi connectivity index (χ3v) is 6.35. The largest absolute Gasteiger partial charge is 0.416 e. The minimum Gasteiger partial charge on any atom is -0.352 e. The van der Waals surface area contributed by atoms with Crippen molar-refractivity contribution in [2.75, 3.05) is 17.1 Å². The summed E-state index contributed by atoms with van der Waals surface area (Å²) in [6.45, 7) is 6.16. The fourth-order valence-electron chi connectivity index (χ4n) is 3.33. The number of hydrogen-bond acceptors (Lipinski definition) is 4. The Hall–Kier alpha value is -3.08. The smallest absolute Gasteiger partial charge is 0.352 e. The maximum Gasteiger partial charge on any atom is 0.416 e. The zero-order valence-electron chi connectivity index (χ0n) is 20.3. The molecular formula is C24H30F3N3O4S. The molecule has 0 saturated heterocycles. The number of hydrogen-bond donors (Lipinski definition) is 1. The van der Waals surface area contributed by atoms with Crippen molar-refractivity contribution in [1.82, 2.24) is 10.2 Å². The van der Waals surface area contributed by atoms with Gasteiger partial charge in [0, 0.05) is 12.6 Å². The number of carbonyl (C=O) groups excluding carboxylic acids is 2. The van der Waals surface area contributed by atoms with Crippen LogP contribution in [0.3, 0.4) is 0 Å². The van der Waals surface area contributed by atoms with Gasteiger partial charge >= 0.3 is 6.18 Å². The van der Waals surface area contributed by atoms with Gasteiger partial charge in [0.25, 0.3) is 0 Å². The van der Waals surface area contributed by atoms with E-state index in [0.717, 1.165) is 24.0 Å². The zero-order valence-corrected chi connectivity index (χ0v) is 21.1. The monoisotopic (exact) mass is 513 g/mol. The molecule has 0 bridgehead atoms. The highest BCUT2D eigenvalue weighted by Crippen LogP contribution is 2.32. The second kappa shape index (κ2) is 11.1. The molecule has 2 aromatic carbocycles. The van der Waals surface area contributed by atoms with Crippen LogP contribution in [0, 0.1) is 6.92 Å². The van der Waals surface area contributed by atoms with Gasteiger partial charge in [0.2, 0.25) is 21.8 Å². The summed E-state index contributed by atoms with van der Waals surface area (Å²) in [5.41, 5.74) is 0.352. The maximum atomic E-state index is 13.4. The molecule has 0 aliphatic heterocycles. The summed E-state index contributed by atoms with van der Waals surface area (Å²) >= 11 is 0. The first-order valence-electron chi connectivity index (χ1n) is 10.9. The predicted octanol–water partition coefficient (Wildman–Crippen LogP) is 3.72. The van der Waals surface area contributed by atoms with Gasteiger partial charge in [-0.2, -0.15) is 13.2 Å². The summed E-state index contributed by atoms with van der Waals surface area (Å²) in [7, 11) is -4.13. The van der Waals surface area contributed by atoms with E-state index in [-0.39, 0.29) is 18.3 Å². The normalized spacial score (nSPS) is 12.8. The van der Waals surface area contributed by atoms with Crippen LogP contribution in [-0.2, 0) is 32.3 Å². The zero-order chi connectivity index (χ0) is 26.6. The molecule has 0 saturated carbocycles. The molecule has 0 heterocycles. The molecule has 192 valence electrons. The number of halogens is 3. The number of anilines is 1. The summed E-state index contributed by atoms with van der Waals surface area (Å²) < 4.78 is 65.2. The Morgan fingerprint density at radius 1 is 1.03 bits per heavy atom. The molecule has 2 rings (SSSR count). The van der Waals surface area contributed by atoms with Crippen molar-refractivity contribution in [2.24, 2.45) is 0 Å². The van der Waals surface area contributed by atoms with Crippen LogP contribution in [-0.4, -0.2) is 50.0 Å². The van der Waals surface area contributed by atoms with Crippen molar-refractivity contribution in [3.05, 3.63) is 65.2 Å². The molecule has 0 radical (unpaired) electrons. The third kappa shape index (κ3) is 7.98. The summed E-state index contributed by atoms with van der Waals surface area (Å²) in [4.78, 5) is 27.3. The lowest BCUT2D eigenvalue weighted by Gasteiger charge is -2.32. The van der Waals surface area contributed by atoms with Gasteiger partial charge in [-0.05, 0) is 51.5 Å². The highest BCUT2D eigenvalue weighted by Gasteiger charge is 2.33. The quantitative estimate of drug-likeness (QED) is 0.554. The summed E-state index contributed by atoms with van der Waals surface area (Å²) in [6, 6.07) is 9.82. The van der Waals surface area contributed by atoms with E-state index < -0.39 is 46.2 Å². The number of rotatable bonds is 9. The standard InChI is InChI=1S/C24H30F3N3O4S/c1-16(2)28-23(32)18(4)29(14-19-11-9-17(3)10-12-19)22(31)15-30(35(5,33)34)21-8-6-7-20(13-21)24(25,26)27/h6-13,16,18H,14-15H2,1-5H3,(H,28,32)/t18-/m1/s1. The van der Waals surface area contributed by atoms with Crippen molar-refractivity contribution in [1.29, 1.82) is 0 Å². The van der Waals surface area contributed by atoms with Crippen molar-refractivity contribution >= 4 is 27.5 Å². The van der Waals surface area contributed by atoms with Crippen LogP contribution in [0.15, 0.2) is 48.5 Å². The number of benzene rings is 2. The van der Waals surface area contributed by atoms with Gasteiger partial charge in [-0.15, -0.1) is 0 Å². The highest BCUT2D eigenvalue weighted by molar-refractivity contribution is 7.92. The van der Waals surface area contributed by atoms with E-state index >= 15 is 0 Å². The molecule has 1 N–H and O–H groups in total. The van der Waals surface area contributed by atoms with E-state index in [0.29, 0.717) is 15.9 Å². The molecule has 0 aromatic heterocycles. The number of amides is 2. The highest BCUT2D eigenvalue weighted by atomic mass is 32.2. The second-order valence-corrected chi connectivity index (χ2v) is 10.6. The average Bonchev–Trinajstić information content (AvgIpc) is 2.74. The first kappa shape index (κ1) is 28.2. The summed E-state index contributed by atoms with van der Waals surface area (Å²) in [6.07, 6.45) is -3.89. The molecular weight excluding hydrogens is 483 g/mol. The number of nitrogens with one attached hydrogen (secondary N) is 1.